The molecule has 15 heavy (non-hydrogen) atoms. The molecule has 1 aliphatic rings. The summed E-state index contributed by atoms with van der Waals surface area (Å²) in [6, 6.07) is 7.54. The molecule has 1 fully saturated rings. The highest BCUT2D eigenvalue weighted by Gasteiger charge is 2.32. The highest BCUT2D eigenvalue weighted by atomic mass is 32.2. The van der Waals surface area contributed by atoms with Crippen LogP contribution in [-0.2, 0) is 14.8 Å². The number of rotatable bonds is 3. The Morgan fingerprint density at radius 3 is 2.33 bits per heavy atom. The fourth-order valence-corrected chi connectivity index (χ4v) is 2.66. The van der Waals surface area contributed by atoms with Gasteiger partial charge in [-0.3, -0.25) is 4.79 Å². The van der Waals surface area contributed by atoms with E-state index in [1.165, 1.54) is 12.1 Å². The van der Waals surface area contributed by atoms with Gasteiger partial charge in [-0.15, -0.1) is 0 Å². The maximum absolute atomic E-state index is 11.7. The number of Topliss-reactive ketones (excluding diaryl/α,β-unsaturated/α-hetero) is 1. The first-order valence-electron chi connectivity index (χ1n) is 4.70. The van der Waals surface area contributed by atoms with Gasteiger partial charge in [-0.1, -0.05) is 18.2 Å². The molecule has 1 aromatic carbocycles. The number of benzene rings is 1. The Bertz CT molecular complexity index is 467. The predicted molar refractivity (Wildman–Crippen MR) is 54.8 cm³/mol. The van der Waals surface area contributed by atoms with Gasteiger partial charge in [0.05, 0.1) is 10.9 Å². The lowest BCUT2D eigenvalue weighted by molar-refractivity contribution is -0.125. The number of hydrogen-bond acceptors (Lipinski definition) is 3. The molecule has 1 atom stereocenters. The lowest BCUT2D eigenvalue weighted by Crippen LogP contribution is -2.47. The number of carbonyl (C=O) groups is 1. The summed E-state index contributed by atoms with van der Waals surface area (Å²) in [7, 11) is -3.52. The maximum Gasteiger partial charge on any atom is 0.241 e. The second kappa shape index (κ2) is 3.75. The normalized spacial score (nSPS) is 21.1. The molecule has 0 saturated heterocycles. The van der Waals surface area contributed by atoms with E-state index >= 15 is 0 Å². The topological polar surface area (TPSA) is 63.2 Å². The molecule has 0 radical (unpaired) electrons. The van der Waals surface area contributed by atoms with Crippen molar-refractivity contribution in [2.24, 2.45) is 0 Å². The minimum Gasteiger partial charge on any atom is -0.298 e. The van der Waals surface area contributed by atoms with Crippen molar-refractivity contribution in [1.29, 1.82) is 0 Å². The predicted octanol–water partition coefficient (Wildman–Crippen LogP) is 0.696. The summed E-state index contributed by atoms with van der Waals surface area (Å²) in [5.41, 5.74) is 0. The van der Waals surface area contributed by atoms with E-state index in [0.29, 0.717) is 12.8 Å². The third-order valence-electron chi connectivity index (χ3n) is 2.42. The summed E-state index contributed by atoms with van der Waals surface area (Å²) < 4.78 is 25.8. The fourth-order valence-electron chi connectivity index (χ4n) is 1.39. The van der Waals surface area contributed by atoms with Crippen molar-refractivity contribution in [3.8, 4) is 0 Å². The summed E-state index contributed by atoms with van der Waals surface area (Å²) in [4.78, 5) is 11.2. The lowest BCUT2D eigenvalue weighted by atomic mass is 9.92. The molecule has 0 heterocycles. The molecule has 4 nitrogen and oxygen atoms in total. The molecule has 1 aromatic rings. The molecule has 80 valence electrons. The van der Waals surface area contributed by atoms with Gasteiger partial charge in [0.25, 0.3) is 0 Å². The van der Waals surface area contributed by atoms with E-state index in [2.05, 4.69) is 4.72 Å². The van der Waals surface area contributed by atoms with Crippen molar-refractivity contribution in [1.82, 2.24) is 4.72 Å². The van der Waals surface area contributed by atoms with E-state index < -0.39 is 16.1 Å². The van der Waals surface area contributed by atoms with Crippen molar-refractivity contribution in [3.05, 3.63) is 30.3 Å². The number of ketones is 1. The van der Waals surface area contributed by atoms with Gasteiger partial charge < -0.3 is 0 Å². The number of sulfonamides is 1. The molecule has 0 aliphatic heterocycles. The van der Waals surface area contributed by atoms with Gasteiger partial charge in [0.2, 0.25) is 10.0 Å². The molecule has 1 unspecified atom stereocenters. The summed E-state index contributed by atoms with van der Waals surface area (Å²) in [6.07, 6.45) is 1.08. The molecule has 1 aliphatic carbocycles. The summed E-state index contributed by atoms with van der Waals surface area (Å²) in [5.74, 6) is -0.0329. The number of nitrogens with one attached hydrogen (secondary N) is 1. The Balaban J connectivity index is 2.17. The van der Waals surface area contributed by atoms with E-state index in [1.807, 2.05) is 0 Å². The van der Waals surface area contributed by atoms with Crippen LogP contribution in [0.2, 0.25) is 0 Å². The van der Waals surface area contributed by atoms with Crippen LogP contribution in [0, 0.1) is 0 Å². The standard InChI is InChI=1S/C10H11NO3S/c12-10-7-6-9(10)11-15(13,14)8-4-2-1-3-5-8/h1-5,9,11H,6-7H2. The number of hydrogen-bond donors (Lipinski definition) is 1. The zero-order chi connectivity index (χ0) is 10.9. The molecule has 0 bridgehead atoms. The average molecular weight is 225 g/mol. The Labute approximate surface area is 88.4 Å². The summed E-state index contributed by atoms with van der Waals surface area (Å²) in [5, 5.41) is 0. The second-order valence-electron chi connectivity index (χ2n) is 3.49. The Morgan fingerprint density at radius 1 is 1.20 bits per heavy atom. The first-order valence-corrected chi connectivity index (χ1v) is 6.18. The van der Waals surface area contributed by atoms with Crippen molar-refractivity contribution in [3.63, 3.8) is 0 Å². The van der Waals surface area contributed by atoms with Crippen molar-refractivity contribution >= 4 is 15.8 Å². The smallest absolute Gasteiger partial charge is 0.241 e. The van der Waals surface area contributed by atoms with Crippen molar-refractivity contribution in [2.45, 2.75) is 23.8 Å². The van der Waals surface area contributed by atoms with E-state index in [9.17, 15) is 13.2 Å². The van der Waals surface area contributed by atoms with Crippen LogP contribution in [0.5, 0.6) is 0 Å². The van der Waals surface area contributed by atoms with Gasteiger partial charge in [0.15, 0.2) is 5.78 Å². The SMILES string of the molecule is O=C1CCC1NS(=O)(=O)c1ccccc1. The van der Waals surface area contributed by atoms with Crippen LogP contribution in [0.15, 0.2) is 35.2 Å². The molecule has 0 aromatic heterocycles. The van der Waals surface area contributed by atoms with Crippen LogP contribution in [0.1, 0.15) is 12.8 Å². The van der Waals surface area contributed by atoms with Crippen LogP contribution in [0.25, 0.3) is 0 Å². The van der Waals surface area contributed by atoms with Crippen LogP contribution >= 0.6 is 0 Å². The van der Waals surface area contributed by atoms with Gasteiger partial charge in [-0.25, -0.2) is 13.1 Å². The molecule has 2 rings (SSSR count). The maximum atomic E-state index is 11.7. The van der Waals surface area contributed by atoms with E-state index in [-0.39, 0.29) is 10.7 Å². The van der Waals surface area contributed by atoms with Gasteiger partial charge in [0, 0.05) is 6.42 Å². The number of carbonyl (C=O) groups excluding carboxylic acids is 1. The third-order valence-corrected chi connectivity index (χ3v) is 3.91. The molecular formula is C10H11NO3S. The minimum atomic E-state index is -3.52. The Morgan fingerprint density at radius 2 is 1.87 bits per heavy atom. The largest absolute Gasteiger partial charge is 0.298 e. The molecule has 5 heteroatoms. The zero-order valence-electron chi connectivity index (χ0n) is 8.01. The van der Waals surface area contributed by atoms with Crippen molar-refractivity contribution < 1.29 is 13.2 Å². The van der Waals surface area contributed by atoms with Crippen LogP contribution < -0.4 is 4.72 Å². The fraction of sp³-hybridized carbons (Fsp3) is 0.300. The monoisotopic (exact) mass is 225 g/mol. The van der Waals surface area contributed by atoms with Gasteiger partial charge in [-0.05, 0) is 18.6 Å². The quantitative estimate of drug-likeness (QED) is 0.823. The Kier molecular flexibility index (Phi) is 2.58. The summed E-state index contributed by atoms with van der Waals surface area (Å²) >= 11 is 0. The van der Waals surface area contributed by atoms with E-state index in [1.54, 1.807) is 18.2 Å². The first kappa shape index (κ1) is 10.3. The molecular weight excluding hydrogens is 214 g/mol. The Hall–Kier alpha value is -1.20. The summed E-state index contributed by atoms with van der Waals surface area (Å²) in [6.45, 7) is 0. The molecule has 0 amide bonds. The first-order chi connectivity index (χ1) is 7.09. The van der Waals surface area contributed by atoms with Gasteiger partial charge in [0.1, 0.15) is 0 Å². The molecule has 1 saturated carbocycles. The van der Waals surface area contributed by atoms with Crippen LogP contribution in [0.4, 0.5) is 0 Å². The van der Waals surface area contributed by atoms with Crippen molar-refractivity contribution in [2.75, 3.05) is 0 Å². The highest BCUT2D eigenvalue weighted by molar-refractivity contribution is 7.89. The van der Waals surface area contributed by atoms with E-state index in [0.717, 1.165) is 0 Å². The third kappa shape index (κ3) is 2.08. The zero-order valence-corrected chi connectivity index (χ0v) is 8.83. The molecule has 1 N–H and O–H groups in total. The highest BCUT2D eigenvalue weighted by Crippen LogP contribution is 2.17. The van der Waals surface area contributed by atoms with Crippen LogP contribution in [0.3, 0.4) is 0 Å². The van der Waals surface area contributed by atoms with Gasteiger partial charge in [-0.2, -0.15) is 0 Å². The molecule has 0 spiro atoms. The lowest BCUT2D eigenvalue weighted by Gasteiger charge is -2.24. The minimum absolute atomic E-state index is 0.0329. The average Bonchev–Trinajstić information content (AvgIpc) is 2.25. The van der Waals surface area contributed by atoms with Gasteiger partial charge >= 0.3 is 0 Å². The van der Waals surface area contributed by atoms with Crippen LogP contribution in [-0.4, -0.2) is 20.2 Å². The van der Waals surface area contributed by atoms with E-state index in [4.69, 9.17) is 0 Å². The second-order valence-corrected chi connectivity index (χ2v) is 5.21.